The fraction of sp³-hybridized carbons (Fsp3) is 0.591. The van der Waals surface area contributed by atoms with Crippen LogP contribution in [0.25, 0.3) is 0 Å². The Morgan fingerprint density at radius 2 is 1.63 bits per heavy atom. The van der Waals surface area contributed by atoms with Gasteiger partial charge in [0.2, 0.25) is 5.60 Å². The van der Waals surface area contributed by atoms with Crippen LogP contribution in [0, 0.1) is 0 Å². The van der Waals surface area contributed by atoms with Crippen molar-refractivity contribution >= 4 is 17.8 Å². The zero-order valence-corrected chi connectivity index (χ0v) is 19.3. The largest absolute Gasteiger partial charge is 0.465 e. The van der Waals surface area contributed by atoms with Crippen LogP contribution in [0.15, 0.2) is 29.4 Å². The van der Waals surface area contributed by atoms with Crippen molar-refractivity contribution in [1.82, 2.24) is 5.43 Å². The Morgan fingerprint density at radius 3 is 2.07 bits per heavy atom. The highest BCUT2D eigenvalue weighted by Gasteiger charge is 2.49. The lowest BCUT2D eigenvalue weighted by atomic mass is 9.91. The second-order valence-electron chi connectivity index (χ2n) is 8.99. The van der Waals surface area contributed by atoms with Crippen molar-refractivity contribution in [2.75, 3.05) is 13.7 Å². The summed E-state index contributed by atoms with van der Waals surface area (Å²) in [5.74, 6) is -1.11. The van der Waals surface area contributed by atoms with Crippen molar-refractivity contribution in [2.24, 2.45) is 10.8 Å². The number of hydrazone groups is 1. The third-order valence-corrected chi connectivity index (χ3v) is 3.84. The number of carbonyl (C=O) groups excluding carboxylic acids is 2. The maximum absolute atomic E-state index is 13.1. The second kappa shape index (κ2) is 9.93. The van der Waals surface area contributed by atoms with Gasteiger partial charge in [0.15, 0.2) is 5.84 Å². The monoisotopic (exact) mass is 421 g/mol. The first-order valence-corrected chi connectivity index (χ1v) is 9.89. The Bertz CT molecular complexity index is 760. The number of rotatable bonds is 8. The quantitative estimate of drug-likeness (QED) is 0.287. The van der Waals surface area contributed by atoms with Crippen molar-refractivity contribution in [1.29, 1.82) is 0 Å². The van der Waals surface area contributed by atoms with Gasteiger partial charge in [-0.1, -0.05) is 12.1 Å². The summed E-state index contributed by atoms with van der Waals surface area (Å²) in [6, 6.07) is 6.68. The number of nitrogens with one attached hydrogen (secondary N) is 1. The predicted molar refractivity (Wildman–Crippen MR) is 116 cm³/mol. The van der Waals surface area contributed by atoms with E-state index in [1.54, 1.807) is 31.2 Å². The van der Waals surface area contributed by atoms with Gasteiger partial charge in [-0.2, -0.15) is 5.10 Å². The summed E-state index contributed by atoms with van der Waals surface area (Å²) < 4.78 is 16.3. The second-order valence-corrected chi connectivity index (χ2v) is 8.99. The van der Waals surface area contributed by atoms with Crippen molar-refractivity contribution in [3.05, 3.63) is 35.4 Å². The van der Waals surface area contributed by atoms with Gasteiger partial charge in [-0.05, 0) is 66.2 Å². The molecule has 168 valence electrons. The molecule has 8 heteroatoms. The zero-order valence-electron chi connectivity index (χ0n) is 19.3. The maximum atomic E-state index is 13.1. The van der Waals surface area contributed by atoms with Crippen LogP contribution in [0.5, 0.6) is 0 Å². The number of amidine groups is 1. The maximum Gasteiger partial charge on any atom is 0.346 e. The van der Waals surface area contributed by atoms with Crippen molar-refractivity contribution < 1.29 is 23.8 Å². The van der Waals surface area contributed by atoms with E-state index >= 15 is 0 Å². The average Bonchev–Trinajstić information content (AvgIpc) is 2.63. The van der Waals surface area contributed by atoms with E-state index in [2.05, 4.69) is 10.5 Å². The molecule has 8 nitrogen and oxygen atoms in total. The number of ether oxygens (including phenoxy) is 3. The standard InChI is InChI=1S/C22H35N3O5/c1-9-29-19(27)22(30-21(5,6)7,18(23)24-25-20(2,3)4)14-15-10-12-16(13-11-15)17(26)28-8/h10-13,25H,9,14H2,1-8H3,(H2,23,24). The molecule has 0 aliphatic heterocycles. The number of nitrogens with two attached hydrogens (primary N) is 1. The SMILES string of the molecule is CCOC(=O)C(Cc1ccc(C(=O)OC)cc1)(OC(C)(C)C)/C(N)=N/NC(C)(C)C. The molecule has 30 heavy (non-hydrogen) atoms. The Hall–Kier alpha value is -2.61. The van der Waals surface area contributed by atoms with E-state index < -0.39 is 23.1 Å². The topological polar surface area (TPSA) is 112 Å². The Kier molecular flexibility index (Phi) is 8.42. The van der Waals surface area contributed by atoms with E-state index in [-0.39, 0.29) is 24.4 Å². The molecule has 0 aliphatic carbocycles. The Morgan fingerprint density at radius 1 is 1.07 bits per heavy atom. The summed E-state index contributed by atoms with van der Waals surface area (Å²) in [5, 5.41) is 4.26. The minimum Gasteiger partial charge on any atom is -0.465 e. The van der Waals surface area contributed by atoms with Crippen LogP contribution < -0.4 is 11.2 Å². The molecule has 0 radical (unpaired) electrons. The third kappa shape index (κ3) is 7.33. The van der Waals surface area contributed by atoms with Crippen molar-refractivity contribution in [3.8, 4) is 0 Å². The Labute approximate surface area is 179 Å². The lowest BCUT2D eigenvalue weighted by Crippen LogP contribution is -2.59. The highest BCUT2D eigenvalue weighted by Crippen LogP contribution is 2.27. The van der Waals surface area contributed by atoms with Crippen LogP contribution in [-0.2, 0) is 25.4 Å². The average molecular weight is 422 g/mol. The van der Waals surface area contributed by atoms with Gasteiger partial charge in [-0.25, -0.2) is 9.59 Å². The van der Waals surface area contributed by atoms with Gasteiger partial charge in [0.1, 0.15) is 0 Å². The van der Waals surface area contributed by atoms with Crippen LogP contribution in [-0.4, -0.2) is 48.2 Å². The summed E-state index contributed by atoms with van der Waals surface area (Å²) in [5.41, 5.74) is 7.65. The number of carbonyl (C=O) groups is 2. The fourth-order valence-corrected chi connectivity index (χ4v) is 2.65. The summed E-state index contributed by atoms with van der Waals surface area (Å²) in [6.07, 6.45) is 0.0751. The summed E-state index contributed by atoms with van der Waals surface area (Å²) in [4.78, 5) is 24.8. The van der Waals surface area contributed by atoms with Crippen LogP contribution in [0.3, 0.4) is 0 Å². The van der Waals surface area contributed by atoms with E-state index in [1.165, 1.54) is 7.11 Å². The van der Waals surface area contributed by atoms with Gasteiger partial charge >= 0.3 is 11.9 Å². The molecule has 1 atom stereocenters. The molecule has 0 amide bonds. The van der Waals surface area contributed by atoms with E-state index in [4.69, 9.17) is 19.9 Å². The normalized spacial score (nSPS) is 14.6. The molecular weight excluding hydrogens is 386 g/mol. The third-order valence-electron chi connectivity index (χ3n) is 3.84. The van der Waals surface area contributed by atoms with E-state index in [0.717, 1.165) is 0 Å². The number of hydrogen-bond acceptors (Lipinski definition) is 7. The van der Waals surface area contributed by atoms with Gasteiger partial charge in [-0.3, -0.25) is 0 Å². The number of hydrogen-bond donors (Lipinski definition) is 2. The van der Waals surface area contributed by atoms with Crippen LogP contribution in [0.2, 0.25) is 0 Å². The van der Waals surface area contributed by atoms with E-state index in [1.807, 2.05) is 41.5 Å². The summed E-state index contributed by atoms with van der Waals surface area (Å²) in [7, 11) is 1.32. The molecule has 1 aromatic rings. The highest BCUT2D eigenvalue weighted by molar-refractivity contribution is 6.08. The summed E-state index contributed by atoms with van der Waals surface area (Å²) >= 11 is 0. The molecule has 0 spiro atoms. The lowest BCUT2D eigenvalue weighted by Gasteiger charge is -2.37. The molecule has 3 N–H and O–H groups in total. The summed E-state index contributed by atoms with van der Waals surface area (Å²) in [6.45, 7) is 13.1. The molecular formula is C22H35N3O5. The van der Waals surface area contributed by atoms with Crippen LogP contribution in [0.4, 0.5) is 0 Å². The molecule has 1 aromatic carbocycles. The van der Waals surface area contributed by atoms with Gasteiger partial charge in [0.05, 0.1) is 24.9 Å². The number of benzene rings is 1. The van der Waals surface area contributed by atoms with Crippen molar-refractivity contribution in [3.63, 3.8) is 0 Å². The van der Waals surface area contributed by atoms with Gasteiger partial charge < -0.3 is 25.4 Å². The highest BCUT2D eigenvalue weighted by atomic mass is 16.6. The molecule has 0 saturated heterocycles. The number of methoxy groups -OCH3 is 1. The molecule has 0 saturated carbocycles. The Balaban J connectivity index is 3.48. The first-order valence-electron chi connectivity index (χ1n) is 9.89. The fourth-order valence-electron chi connectivity index (χ4n) is 2.65. The molecule has 0 heterocycles. The van der Waals surface area contributed by atoms with Gasteiger partial charge in [0, 0.05) is 12.0 Å². The van der Waals surface area contributed by atoms with Crippen LogP contribution in [0.1, 0.15) is 64.4 Å². The smallest absolute Gasteiger partial charge is 0.346 e. The molecule has 1 rings (SSSR count). The first kappa shape index (κ1) is 25.4. The zero-order chi connectivity index (χ0) is 23.2. The first-order chi connectivity index (χ1) is 13.7. The number of nitrogens with zero attached hydrogens (tertiary/aromatic N) is 1. The number of esters is 2. The predicted octanol–water partition coefficient (Wildman–Crippen LogP) is 2.79. The van der Waals surface area contributed by atoms with Gasteiger partial charge in [0.25, 0.3) is 0 Å². The van der Waals surface area contributed by atoms with Crippen molar-refractivity contribution in [2.45, 2.75) is 71.6 Å². The van der Waals surface area contributed by atoms with E-state index in [9.17, 15) is 9.59 Å². The lowest BCUT2D eigenvalue weighted by molar-refractivity contribution is -0.176. The van der Waals surface area contributed by atoms with Gasteiger partial charge in [-0.15, -0.1) is 0 Å². The minimum absolute atomic E-state index is 0.0390. The van der Waals surface area contributed by atoms with Crippen LogP contribution >= 0.6 is 0 Å². The molecule has 0 aliphatic rings. The molecule has 0 bridgehead atoms. The molecule has 1 unspecified atom stereocenters. The van der Waals surface area contributed by atoms with E-state index in [0.29, 0.717) is 11.1 Å². The minimum atomic E-state index is -1.65. The molecule has 0 fully saturated rings. The molecule has 0 aromatic heterocycles.